The molecule has 2 aliphatic heterocycles. The van der Waals surface area contributed by atoms with E-state index in [4.69, 9.17) is 0 Å². The van der Waals surface area contributed by atoms with Gasteiger partial charge in [0.2, 0.25) is 5.91 Å². The number of rotatable bonds is 2. The van der Waals surface area contributed by atoms with Crippen molar-refractivity contribution in [3.8, 4) is 0 Å². The van der Waals surface area contributed by atoms with Gasteiger partial charge in [0.1, 0.15) is 5.82 Å². The van der Waals surface area contributed by atoms with E-state index in [1.807, 2.05) is 4.90 Å². The van der Waals surface area contributed by atoms with Crippen molar-refractivity contribution in [1.82, 2.24) is 9.88 Å². The summed E-state index contributed by atoms with van der Waals surface area (Å²) in [6.07, 6.45) is 2.34. The van der Waals surface area contributed by atoms with Gasteiger partial charge in [0.15, 0.2) is 5.13 Å². The molecule has 0 N–H and O–H groups in total. The van der Waals surface area contributed by atoms with Gasteiger partial charge in [0.25, 0.3) is 0 Å². The van der Waals surface area contributed by atoms with E-state index in [-0.39, 0.29) is 11.7 Å². The van der Waals surface area contributed by atoms with Crippen molar-refractivity contribution in [3.05, 3.63) is 24.0 Å². The van der Waals surface area contributed by atoms with Crippen LogP contribution in [0.4, 0.5) is 9.52 Å². The topological polar surface area (TPSA) is 36.4 Å². The highest BCUT2D eigenvalue weighted by Crippen LogP contribution is 2.34. The molecule has 4 rings (SSSR count). The van der Waals surface area contributed by atoms with Crippen molar-refractivity contribution in [2.45, 2.75) is 19.8 Å². The maximum absolute atomic E-state index is 13.3. The second-order valence-corrected chi connectivity index (χ2v) is 7.75. The number of hydrogen-bond donors (Lipinski definition) is 0. The number of nitrogens with zero attached hydrogens (tertiary/aromatic N) is 3. The molecule has 4 nitrogen and oxygen atoms in total. The normalized spacial score (nSPS) is 22.4. The fourth-order valence-electron chi connectivity index (χ4n) is 3.46. The minimum atomic E-state index is -0.233. The summed E-state index contributed by atoms with van der Waals surface area (Å²) < 4.78 is 14.1. The summed E-state index contributed by atoms with van der Waals surface area (Å²) in [5.74, 6) is 0.760. The van der Waals surface area contributed by atoms with E-state index in [0.717, 1.165) is 47.9 Å². The molecule has 1 aromatic heterocycles. The summed E-state index contributed by atoms with van der Waals surface area (Å²) in [6.45, 7) is 5.47. The van der Waals surface area contributed by atoms with Crippen molar-refractivity contribution >= 4 is 32.6 Å². The lowest BCUT2D eigenvalue weighted by molar-refractivity contribution is -0.138. The molecule has 2 saturated heterocycles. The van der Waals surface area contributed by atoms with Crippen LogP contribution in [0.15, 0.2) is 18.2 Å². The van der Waals surface area contributed by atoms with Crippen LogP contribution in [-0.2, 0) is 4.79 Å². The van der Waals surface area contributed by atoms with Crippen LogP contribution in [0, 0.1) is 17.7 Å². The Morgan fingerprint density at radius 1 is 1.35 bits per heavy atom. The minimum Gasteiger partial charge on any atom is -0.346 e. The van der Waals surface area contributed by atoms with Gasteiger partial charge in [-0.25, -0.2) is 9.37 Å². The Morgan fingerprint density at radius 2 is 2.17 bits per heavy atom. The molecule has 1 aromatic carbocycles. The molecule has 2 aromatic rings. The van der Waals surface area contributed by atoms with Crippen LogP contribution in [-0.4, -0.2) is 42.0 Å². The monoisotopic (exact) mass is 333 g/mol. The van der Waals surface area contributed by atoms with Crippen LogP contribution in [0.25, 0.3) is 10.2 Å². The zero-order valence-corrected chi connectivity index (χ0v) is 14.0. The number of benzene rings is 1. The molecule has 0 saturated carbocycles. The third kappa shape index (κ3) is 2.80. The number of fused-ring (bicyclic) bond motifs is 1. The van der Waals surface area contributed by atoms with E-state index < -0.39 is 0 Å². The predicted octanol–water partition coefficient (Wildman–Crippen LogP) is 3.13. The molecule has 122 valence electrons. The first-order valence-electron chi connectivity index (χ1n) is 8.20. The lowest BCUT2D eigenvalue weighted by Crippen LogP contribution is -2.56. The van der Waals surface area contributed by atoms with Gasteiger partial charge in [-0.15, -0.1) is 0 Å². The quantitative estimate of drug-likeness (QED) is 0.847. The summed E-state index contributed by atoms with van der Waals surface area (Å²) >= 11 is 1.50. The number of anilines is 1. The average molecular weight is 333 g/mol. The Labute approximate surface area is 138 Å². The van der Waals surface area contributed by atoms with Crippen LogP contribution in [0.3, 0.4) is 0 Å². The minimum absolute atomic E-state index is 0.0871. The highest BCUT2D eigenvalue weighted by atomic mass is 32.1. The lowest BCUT2D eigenvalue weighted by atomic mass is 9.95. The molecule has 0 bridgehead atoms. The van der Waals surface area contributed by atoms with E-state index in [1.165, 1.54) is 29.9 Å². The van der Waals surface area contributed by atoms with Crippen LogP contribution in [0.5, 0.6) is 0 Å². The molecule has 0 spiro atoms. The van der Waals surface area contributed by atoms with Gasteiger partial charge < -0.3 is 9.80 Å². The largest absolute Gasteiger partial charge is 0.346 e. The number of halogens is 1. The smallest absolute Gasteiger partial charge is 0.229 e. The number of amides is 1. The third-order valence-electron chi connectivity index (χ3n) is 4.81. The van der Waals surface area contributed by atoms with Crippen molar-refractivity contribution in [3.63, 3.8) is 0 Å². The van der Waals surface area contributed by atoms with Gasteiger partial charge in [0.05, 0.1) is 16.1 Å². The Morgan fingerprint density at radius 3 is 2.96 bits per heavy atom. The van der Waals surface area contributed by atoms with Gasteiger partial charge in [0, 0.05) is 26.2 Å². The Bertz CT molecular complexity index is 741. The van der Waals surface area contributed by atoms with Gasteiger partial charge in [-0.3, -0.25) is 4.79 Å². The lowest BCUT2D eigenvalue weighted by Gasteiger charge is -2.42. The van der Waals surface area contributed by atoms with E-state index in [9.17, 15) is 9.18 Å². The second-order valence-electron chi connectivity index (χ2n) is 6.74. The first-order valence-corrected chi connectivity index (χ1v) is 9.01. The molecule has 0 radical (unpaired) electrons. The van der Waals surface area contributed by atoms with Gasteiger partial charge in [-0.1, -0.05) is 18.3 Å². The van der Waals surface area contributed by atoms with E-state index in [2.05, 4.69) is 16.8 Å². The molecule has 0 aliphatic carbocycles. The van der Waals surface area contributed by atoms with Crippen LogP contribution < -0.4 is 4.90 Å². The average Bonchev–Trinajstić information content (AvgIpc) is 2.88. The number of thiazole rings is 1. The van der Waals surface area contributed by atoms with Crippen LogP contribution in [0.1, 0.15) is 19.8 Å². The fourth-order valence-corrected chi connectivity index (χ4v) is 4.47. The molecule has 3 heterocycles. The van der Waals surface area contributed by atoms with Crippen LogP contribution >= 0.6 is 11.3 Å². The summed E-state index contributed by atoms with van der Waals surface area (Å²) in [5.41, 5.74) is 0.825. The van der Waals surface area contributed by atoms with Crippen LogP contribution in [0.2, 0.25) is 0 Å². The van der Waals surface area contributed by atoms with Crippen molar-refractivity contribution in [2.75, 3.05) is 31.1 Å². The summed E-state index contributed by atoms with van der Waals surface area (Å²) in [6, 6.07) is 4.67. The third-order valence-corrected chi connectivity index (χ3v) is 5.89. The van der Waals surface area contributed by atoms with E-state index >= 15 is 0 Å². The molecule has 2 fully saturated rings. The first kappa shape index (κ1) is 14.9. The number of aromatic nitrogens is 1. The summed E-state index contributed by atoms with van der Waals surface area (Å²) in [5, 5.41) is 0.890. The highest BCUT2D eigenvalue weighted by molar-refractivity contribution is 7.22. The highest BCUT2D eigenvalue weighted by Gasteiger charge is 2.37. The zero-order chi connectivity index (χ0) is 16.0. The van der Waals surface area contributed by atoms with Gasteiger partial charge >= 0.3 is 0 Å². The zero-order valence-electron chi connectivity index (χ0n) is 13.2. The van der Waals surface area contributed by atoms with E-state index in [0.29, 0.717) is 11.8 Å². The SMILES string of the molecule is CC1CCCN(C(=O)C2CN(c3nc4ccc(F)cc4s3)C2)C1. The van der Waals surface area contributed by atoms with Crippen molar-refractivity contribution in [2.24, 2.45) is 11.8 Å². The number of hydrogen-bond acceptors (Lipinski definition) is 4. The van der Waals surface area contributed by atoms with Gasteiger partial charge in [-0.2, -0.15) is 0 Å². The molecule has 1 amide bonds. The maximum Gasteiger partial charge on any atom is 0.229 e. The van der Waals surface area contributed by atoms with Crippen molar-refractivity contribution < 1.29 is 9.18 Å². The molecule has 2 aliphatic rings. The first-order chi connectivity index (χ1) is 11.1. The molecular formula is C17H20FN3OS. The second kappa shape index (κ2) is 5.74. The molecule has 1 unspecified atom stereocenters. The molecular weight excluding hydrogens is 313 g/mol. The number of piperidine rings is 1. The number of likely N-dealkylation sites (tertiary alicyclic amines) is 1. The predicted molar refractivity (Wildman–Crippen MR) is 90.3 cm³/mol. The number of carbonyl (C=O) groups is 1. The Kier molecular flexibility index (Phi) is 3.71. The Hall–Kier alpha value is -1.69. The van der Waals surface area contributed by atoms with E-state index in [1.54, 1.807) is 6.07 Å². The summed E-state index contributed by atoms with van der Waals surface area (Å²) in [4.78, 5) is 21.3. The fraction of sp³-hybridized carbons (Fsp3) is 0.529. The number of carbonyl (C=O) groups excluding carboxylic acids is 1. The van der Waals surface area contributed by atoms with Crippen molar-refractivity contribution in [1.29, 1.82) is 0 Å². The summed E-state index contributed by atoms with van der Waals surface area (Å²) in [7, 11) is 0. The Balaban J connectivity index is 1.41. The molecule has 23 heavy (non-hydrogen) atoms. The van der Waals surface area contributed by atoms with Gasteiger partial charge in [-0.05, 0) is 37.0 Å². The molecule has 6 heteroatoms. The maximum atomic E-state index is 13.3. The molecule has 1 atom stereocenters. The standard InChI is InChI=1S/C17H20FN3OS/c1-11-3-2-6-20(8-11)16(22)12-9-21(10-12)17-19-14-5-4-13(18)7-15(14)23-17/h4-5,7,11-12H,2-3,6,8-10H2,1H3.